The van der Waals surface area contributed by atoms with Gasteiger partial charge in [0.1, 0.15) is 5.76 Å². The van der Waals surface area contributed by atoms with Crippen LogP contribution in [0.3, 0.4) is 0 Å². The first-order chi connectivity index (χ1) is 17.9. The third kappa shape index (κ3) is 9.35. The molecule has 1 spiro atoms. The number of nitrogens with one attached hydrogen (secondary N) is 1. The average molecular weight is 574 g/mol. The van der Waals surface area contributed by atoms with E-state index in [1.54, 1.807) is 12.3 Å². The molecule has 4 rings (SSSR count). The normalized spacial score (nSPS) is 21.1. The predicted octanol–water partition coefficient (Wildman–Crippen LogP) is 3.94. The summed E-state index contributed by atoms with van der Waals surface area (Å²) in [5.74, 6) is -4.65. The van der Waals surface area contributed by atoms with Crippen LogP contribution < -0.4 is 5.32 Å². The van der Waals surface area contributed by atoms with Crippen LogP contribution >= 0.6 is 0 Å². The molecular formula is C22H25F7N4O6. The van der Waals surface area contributed by atoms with Gasteiger partial charge in [-0.15, -0.1) is 0 Å². The molecule has 2 aliphatic heterocycles. The Kier molecular flexibility index (Phi) is 10.2. The average Bonchev–Trinajstić information content (AvgIpc) is 3.50. The van der Waals surface area contributed by atoms with E-state index in [-0.39, 0.29) is 17.5 Å². The molecule has 0 saturated carbocycles. The van der Waals surface area contributed by atoms with E-state index < -0.39 is 24.3 Å². The number of carboxylic acids is 2. The molecule has 39 heavy (non-hydrogen) atoms. The Hall–Kier alpha value is -3.47. The van der Waals surface area contributed by atoms with Crippen LogP contribution in [0.5, 0.6) is 0 Å². The van der Waals surface area contributed by atoms with Gasteiger partial charge in [0.25, 0.3) is 0 Å². The molecule has 0 amide bonds. The highest BCUT2D eigenvalue weighted by atomic mass is 19.4. The Bertz CT molecular complexity index is 1100. The second-order valence-electron chi connectivity index (χ2n) is 8.74. The number of rotatable bonds is 4. The van der Waals surface area contributed by atoms with E-state index in [1.807, 2.05) is 13.8 Å². The van der Waals surface area contributed by atoms with Crippen LogP contribution in [0.15, 0.2) is 22.9 Å². The van der Waals surface area contributed by atoms with Crippen molar-refractivity contribution in [3.8, 4) is 0 Å². The van der Waals surface area contributed by atoms with Crippen molar-refractivity contribution in [2.45, 2.75) is 57.2 Å². The van der Waals surface area contributed by atoms with Crippen LogP contribution in [0.1, 0.15) is 29.9 Å². The molecule has 10 nitrogen and oxygen atoms in total. The van der Waals surface area contributed by atoms with E-state index in [1.165, 1.54) is 11.6 Å². The van der Waals surface area contributed by atoms with E-state index in [0.717, 1.165) is 43.9 Å². The standard InChI is InChI=1S/C18H23FN4O2.2C2HF3O2/c1-12-15(13(2)25-22-12)9-23-7-5-18(11-23)8-14(10-24-18)21-17-16(19)4-3-6-20-17;2*3-2(4,5)1(6)7/h3-4,6,14H,5,7-11H2,1-2H3,(H,20,21);2*(H,6,7). The first-order valence-electron chi connectivity index (χ1n) is 11.2. The summed E-state index contributed by atoms with van der Waals surface area (Å²) in [4.78, 5) is 24.2. The van der Waals surface area contributed by atoms with Gasteiger partial charge >= 0.3 is 24.3 Å². The lowest BCUT2D eigenvalue weighted by molar-refractivity contribution is -0.193. The molecule has 0 radical (unpaired) electrons. The highest BCUT2D eigenvalue weighted by molar-refractivity contribution is 5.73. The summed E-state index contributed by atoms with van der Waals surface area (Å²) in [5, 5.41) is 21.5. The number of hydrogen-bond donors (Lipinski definition) is 3. The van der Waals surface area contributed by atoms with Crippen molar-refractivity contribution in [3.05, 3.63) is 41.2 Å². The molecule has 4 heterocycles. The van der Waals surface area contributed by atoms with E-state index in [4.69, 9.17) is 29.1 Å². The Morgan fingerprint density at radius 2 is 1.74 bits per heavy atom. The van der Waals surface area contributed by atoms with Crippen molar-refractivity contribution in [2.24, 2.45) is 0 Å². The number of halogens is 7. The number of aryl methyl sites for hydroxylation is 2. The molecule has 2 atom stereocenters. The quantitative estimate of drug-likeness (QED) is 0.461. The van der Waals surface area contributed by atoms with Gasteiger partial charge in [0.05, 0.1) is 23.9 Å². The minimum absolute atomic E-state index is 0.0865. The summed E-state index contributed by atoms with van der Waals surface area (Å²) < 4.78 is 88.6. The molecule has 0 aromatic carbocycles. The summed E-state index contributed by atoms with van der Waals surface area (Å²) >= 11 is 0. The second kappa shape index (κ2) is 12.6. The van der Waals surface area contributed by atoms with Crippen molar-refractivity contribution >= 4 is 17.8 Å². The predicted molar refractivity (Wildman–Crippen MR) is 118 cm³/mol. The number of aliphatic carboxylic acids is 2. The molecule has 2 aromatic heterocycles. The monoisotopic (exact) mass is 574 g/mol. The molecule has 218 valence electrons. The van der Waals surface area contributed by atoms with Gasteiger partial charge in [0.2, 0.25) is 0 Å². The topological polar surface area (TPSA) is 138 Å². The van der Waals surface area contributed by atoms with Gasteiger partial charge in [-0.2, -0.15) is 26.3 Å². The van der Waals surface area contributed by atoms with Gasteiger partial charge in [-0.1, -0.05) is 5.16 Å². The van der Waals surface area contributed by atoms with Crippen molar-refractivity contribution in [1.82, 2.24) is 15.0 Å². The van der Waals surface area contributed by atoms with Crippen LogP contribution in [-0.4, -0.2) is 80.9 Å². The molecule has 2 aliphatic rings. The number of aromatic nitrogens is 2. The lowest BCUT2D eigenvalue weighted by atomic mass is 9.97. The van der Waals surface area contributed by atoms with Crippen molar-refractivity contribution in [3.63, 3.8) is 0 Å². The van der Waals surface area contributed by atoms with Crippen molar-refractivity contribution in [2.75, 3.05) is 25.0 Å². The van der Waals surface area contributed by atoms with Gasteiger partial charge in [0, 0.05) is 37.8 Å². The first kappa shape index (κ1) is 31.7. The van der Waals surface area contributed by atoms with Gasteiger partial charge in [-0.25, -0.2) is 19.0 Å². The first-order valence-corrected chi connectivity index (χ1v) is 11.2. The van der Waals surface area contributed by atoms with E-state index in [0.29, 0.717) is 12.4 Å². The Balaban J connectivity index is 0.000000317. The number of pyridine rings is 1. The zero-order chi connectivity index (χ0) is 29.6. The molecular weight excluding hydrogens is 549 g/mol. The lowest BCUT2D eigenvalue weighted by Crippen LogP contribution is -2.33. The largest absolute Gasteiger partial charge is 0.490 e. The van der Waals surface area contributed by atoms with Crippen LogP contribution in [0.2, 0.25) is 0 Å². The number of hydrogen-bond acceptors (Lipinski definition) is 8. The third-order valence-corrected chi connectivity index (χ3v) is 5.75. The maximum atomic E-state index is 13.8. The maximum absolute atomic E-state index is 13.8. The minimum atomic E-state index is -5.08. The van der Waals surface area contributed by atoms with E-state index >= 15 is 0 Å². The van der Waals surface area contributed by atoms with Gasteiger partial charge < -0.3 is 24.8 Å². The van der Waals surface area contributed by atoms with Crippen molar-refractivity contribution < 1.29 is 59.8 Å². The lowest BCUT2D eigenvalue weighted by Gasteiger charge is -2.23. The number of anilines is 1. The van der Waals surface area contributed by atoms with Crippen LogP contribution in [0.25, 0.3) is 0 Å². The van der Waals surface area contributed by atoms with Gasteiger partial charge in [-0.05, 0) is 32.4 Å². The fourth-order valence-electron chi connectivity index (χ4n) is 3.92. The van der Waals surface area contributed by atoms with Gasteiger partial charge in [-0.3, -0.25) is 4.90 Å². The summed E-state index contributed by atoms with van der Waals surface area (Å²) in [6.45, 7) is 7.20. The fraction of sp³-hybridized carbons (Fsp3) is 0.545. The smallest absolute Gasteiger partial charge is 0.475 e. The molecule has 0 bridgehead atoms. The SMILES string of the molecule is Cc1noc(C)c1CN1CCC2(CC(Nc3ncccc3F)CO2)C1.O=C(O)C(F)(F)F.O=C(O)C(F)(F)F. The molecule has 2 unspecified atom stereocenters. The highest BCUT2D eigenvalue weighted by Gasteiger charge is 2.46. The second-order valence-corrected chi connectivity index (χ2v) is 8.74. The molecule has 2 saturated heterocycles. The minimum Gasteiger partial charge on any atom is -0.475 e. The Morgan fingerprint density at radius 1 is 1.15 bits per heavy atom. The number of alkyl halides is 6. The highest BCUT2D eigenvalue weighted by Crippen LogP contribution is 2.37. The Morgan fingerprint density at radius 3 is 2.23 bits per heavy atom. The summed E-state index contributed by atoms with van der Waals surface area (Å²) in [5.41, 5.74) is 1.97. The molecule has 2 fully saturated rings. The molecule has 2 aromatic rings. The zero-order valence-electron chi connectivity index (χ0n) is 20.6. The third-order valence-electron chi connectivity index (χ3n) is 5.75. The van der Waals surface area contributed by atoms with E-state index in [9.17, 15) is 30.7 Å². The number of ether oxygens (including phenoxy) is 1. The maximum Gasteiger partial charge on any atom is 0.490 e. The molecule has 17 heteroatoms. The fourth-order valence-corrected chi connectivity index (χ4v) is 3.92. The van der Waals surface area contributed by atoms with Gasteiger partial charge in [0.15, 0.2) is 11.6 Å². The van der Waals surface area contributed by atoms with E-state index in [2.05, 4.69) is 20.4 Å². The summed E-state index contributed by atoms with van der Waals surface area (Å²) in [6.07, 6.45) is -6.72. The Labute approximate surface area is 216 Å². The summed E-state index contributed by atoms with van der Waals surface area (Å²) in [7, 11) is 0. The number of carboxylic acid groups (broad SMARTS) is 2. The number of carbonyl (C=O) groups is 2. The zero-order valence-corrected chi connectivity index (χ0v) is 20.6. The van der Waals surface area contributed by atoms with Crippen LogP contribution in [-0.2, 0) is 20.9 Å². The van der Waals surface area contributed by atoms with Crippen molar-refractivity contribution in [1.29, 1.82) is 0 Å². The number of nitrogens with zero attached hydrogens (tertiary/aromatic N) is 3. The molecule has 0 aliphatic carbocycles. The van der Waals surface area contributed by atoms with Crippen LogP contribution in [0, 0.1) is 19.7 Å². The summed E-state index contributed by atoms with van der Waals surface area (Å²) in [6, 6.07) is 3.10. The van der Waals surface area contributed by atoms with Crippen LogP contribution in [0.4, 0.5) is 36.6 Å². The number of likely N-dealkylation sites (tertiary alicyclic amines) is 1. The molecule has 3 N–H and O–H groups in total.